The number of anilines is 1. The summed E-state index contributed by atoms with van der Waals surface area (Å²) in [4.78, 5) is 165. The van der Waals surface area contributed by atoms with Crippen LogP contribution in [-0.4, -0.2) is 180 Å². The standard InChI is InChI=1S/C71H106N8O16/c1-14-46(8)65(58(93-12)41-62(86)78-36-22-26-54(78)66(94-13)47(9)55(80)39-51(69(89)90)37-48-23-17-15-18-24-48)76(10)68(88)53(43(2)3)40-57(82)64(45(6)7)77(11)71(92)95-42-49-28-30-52(31-29-49)74-67(87)50(25-21-34-73-70(72)91)38-56(81)63(44(4)5)75-59(83)27-19-16-20-35-79-60(84)32-33-61(79)85/h15,17-18,23-24,28-33,43-47,50-51,53-54,58,63-66H,14,16,19-22,25-27,34-42H2,1-13H3,(H,74,87)(H,75,83)(H,89,90)(H3,72,73,91)/t46-,47-,50?,51+,53?,54-,58+,63-,64-,65-,66+/m0/s1. The average molecular weight is 1330 g/mol. The van der Waals surface area contributed by atoms with Gasteiger partial charge in [0.05, 0.1) is 48.7 Å². The monoisotopic (exact) mass is 1330 g/mol. The van der Waals surface area contributed by atoms with Crippen molar-refractivity contribution >= 4 is 76.6 Å². The molecule has 526 valence electrons. The summed E-state index contributed by atoms with van der Waals surface area (Å²) < 4.78 is 17.8. The first-order chi connectivity index (χ1) is 44.9. The zero-order chi connectivity index (χ0) is 70.8. The molecule has 11 atom stereocenters. The molecule has 24 nitrogen and oxygen atoms in total. The number of primary amides is 1. The van der Waals surface area contributed by atoms with Gasteiger partial charge in [0.2, 0.25) is 23.6 Å². The van der Waals surface area contributed by atoms with E-state index in [4.69, 9.17) is 19.9 Å². The topological polar surface area (TPSA) is 328 Å². The Kier molecular flexibility index (Phi) is 32.9. The molecule has 2 heterocycles. The molecule has 0 radical (unpaired) electrons. The van der Waals surface area contributed by atoms with E-state index in [0.29, 0.717) is 62.7 Å². The highest BCUT2D eigenvalue weighted by molar-refractivity contribution is 6.12. The molecular formula is C71H106N8O16. The van der Waals surface area contributed by atoms with Crippen LogP contribution in [-0.2, 0) is 75.2 Å². The molecule has 2 aromatic carbocycles. The zero-order valence-corrected chi connectivity index (χ0v) is 58.1. The number of amides is 9. The molecule has 2 aliphatic heterocycles. The molecule has 0 bridgehead atoms. The summed E-state index contributed by atoms with van der Waals surface area (Å²) in [6, 6.07) is 11.9. The maximum Gasteiger partial charge on any atom is 0.410 e. The van der Waals surface area contributed by atoms with Crippen molar-refractivity contribution in [1.29, 1.82) is 0 Å². The minimum atomic E-state index is -1.07. The highest BCUT2D eigenvalue weighted by Crippen LogP contribution is 2.33. The van der Waals surface area contributed by atoms with Crippen molar-refractivity contribution in [3.8, 4) is 0 Å². The van der Waals surface area contributed by atoms with Gasteiger partial charge in [-0.05, 0) is 91.9 Å². The number of carboxylic acid groups (broad SMARTS) is 1. The van der Waals surface area contributed by atoms with Crippen molar-refractivity contribution in [3.63, 3.8) is 0 Å². The van der Waals surface area contributed by atoms with Crippen molar-refractivity contribution in [2.45, 2.75) is 195 Å². The Morgan fingerprint density at radius 3 is 1.93 bits per heavy atom. The number of nitrogens with two attached hydrogens (primary N) is 1. The van der Waals surface area contributed by atoms with Gasteiger partial charge in [-0.15, -0.1) is 0 Å². The number of likely N-dealkylation sites (tertiary alicyclic amines) is 1. The summed E-state index contributed by atoms with van der Waals surface area (Å²) in [5.41, 5.74) is 7.00. The smallest absolute Gasteiger partial charge is 0.410 e. The number of rotatable bonds is 42. The van der Waals surface area contributed by atoms with E-state index in [2.05, 4.69) is 16.0 Å². The number of carboxylic acids is 1. The molecule has 2 unspecified atom stereocenters. The maximum atomic E-state index is 14.9. The molecule has 6 N–H and O–H groups in total. The molecule has 0 saturated carbocycles. The normalized spacial score (nSPS) is 17.1. The summed E-state index contributed by atoms with van der Waals surface area (Å²) in [5.74, 6) is -8.72. The third kappa shape index (κ3) is 24.1. The van der Waals surface area contributed by atoms with Crippen LogP contribution in [0.1, 0.15) is 157 Å². The van der Waals surface area contributed by atoms with Crippen LogP contribution in [0.5, 0.6) is 0 Å². The van der Waals surface area contributed by atoms with E-state index in [0.717, 1.165) is 10.5 Å². The van der Waals surface area contributed by atoms with Gasteiger partial charge < -0.3 is 55.7 Å². The van der Waals surface area contributed by atoms with E-state index >= 15 is 0 Å². The fourth-order valence-electron chi connectivity index (χ4n) is 12.9. The second kappa shape index (κ2) is 39.2. The van der Waals surface area contributed by atoms with Crippen LogP contribution < -0.4 is 21.7 Å². The molecule has 1 saturated heterocycles. The molecule has 95 heavy (non-hydrogen) atoms. The number of Topliss-reactive ketones (excluding diaryl/α,β-unsaturated/α-hetero) is 3. The molecule has 2 aromatic rings. The lowest BCUT2D eigenvalue weighted by Gasteiger charge is -2.41. The Labute approximate surface area is 560 Å². The first kappa shape index (κ1) is 79.6. The summed E-state index contributed by atoms with van der Waals surface area (Å²) in [5, 5.41) is 18.3. The van der Waals surface area contributed by atoms with E-state index < -0.39 is 90.0 Å². The third-order valence-corrected chi connectivity index (χ3v) is 18.6. The van der Waals surface area contributed by atoms with Gasteiger partial charge in [-0.3, -0.25) is 52.8 Å². The molecule has 0 aliphatic carbocycles. The molecule has 4 rings (SSSR count). The number of imide groups is 1. The van der Waals surface area contributed by atoms with Gasteiger partial charge >= 0.3 is 18.1 Å². The van der Waals surface area contributed by atoms with E-state index in [9.17, 15) is 62.6 Å². The molecule has 0 spiro atoms. The van der Waals surface area contributed by atoms with Crippen molar-refractivity contribution in [2.75, 3.05) is 53.3 Å². The maximum absolute atomic E-state index is 14.9. The number of urea groups is 1. The zero-order valence-electron chi connectivity index (χ0n) is 58.1. The Morgan fingerprint density at radius 1 is 0.716 bits per heavy atom. The van der Waals surface area contributed by atoms with Gasteiger partial charge in [0.25, 0.3) is 11.8 Å². The van der Waals surface area contributed by atoms with Gasteiger partial charge in [-0.1, -0.05) is 118 Å². The van der Waals surface area contributed by atoms with E-state index in [-0.39, 0.29) is 129 Å². The molecule has 9 amide bonds. The summed E-state index contributed by atoms with van der Waals surface area (Å²) >= 11 is 0. The number of methoxy groups -OCH3 is 2. The fourth-order valence-corrected chi connectivity index (χ4v) is 12.9. The third-order valence-electron chi connectivity index (χ3n) is 18.6. The predicted octanol–water partition coefficient (Wildman–Crippen LogP) is 7.92. The second-order valence-corrected chi connectivity index (χ2v) is 26.6. The molecular weight excluding hydrogens is 1220 g/mol. The number of nitrogens with one attached hydrogen (secondary N) is 3. The minimum absolute atomic E-state index is 0.0979. The van der Waals surface area contributed by atoms with Gasteiger partial charge in [0.1, 0.15) is 12.4 Å². The molecule has 2 aliphatic rings. The van der Waals surface area contributed by atoms with Crippen molar-refractivity contribution in [2.24, 2.45) is 53.1 Å². The molecule has 0 aromatic heterocycles. The minimum Gasteiger partial charge on any atom is -0.481 e. The summed E-state index contributed by atoms with van der Waals surface area (Å²) in [6.07, 6.45) is 3.67. The highest BCUT2D eigenvalue weighted by atomic mass is 16.6. The van der Waals surface area contributed by atoms with E-state index in [1.807, 2.05) is 58.0 Å². The fraction of sp³-hybridized carbons (Fsp3) is 0.634. The van der Waals surface area contributed by atoms with Gasteiger partial charge in [0.15, 0.2) is 11.6 Å². The lowest BCUT2D eigenvalue weighted by molar-refractivity contribution is -0.149. The number of carbonyl (C=O) groups is 12. The van der Waals surface area contributed by atoms with Gasteiger partial charge in [-0.2, -0.15) is 0 Å². The number of hydrogen-bond donors (Lipinski definition) is 5. The quantitative estimate of drug-likeness (QED) is 0.0311. The van der Waals surface area contributed by atoms with Crippen molar-refractivity contribution < 1.29 is 76.9 Å². The van der Waals surface area contributed by atoms with Crippen LogP contribution in [0.2, 0.25) is 0 Å². The summed E-state index contributed by atoms with van der Waals surface area (Å²) in [7, 11) is 6.12. The first-order valence-corrected chi connectivity index (χ1v) is 33.6. The number of carbonyl (C=O) groups excluding carboxylic acids is 11. The van der Waals surface area contributed by atoms with E-state index in [1.165, 1.54) is 38.3 Å². The first-order valence-electron chi connectivity index (χ1n) is 33.6. The Balaban J connectivity index is 1.38. The molecule has 1 fully saturated rings. The van der Waals surface area contributed by atoms with Crippen LogP contribution in [0.25, 0.3) is 0 Å². The van der Waals surface area contributed by atoms with E-state index in [1.54, 1.807) is 75.7 Å². The number of likely N-dealkylation sites (N-methyl/N-ethyl adjacent to an activating group) is 2. The van der Waals surface area contributed by atoms with Crippen molar-refractivity contribution in [1.82, 2.24) is 30.2 Å². The van der Waals surface area contributed by atoms with Crippen LogP contribution in [0.4, 0.5) is 15.3 Å². The number of hydrogen-bond acceptors (Lipinski definition) is 15. The number of unbranched alkanes of at least 4 members (excludes halogenated alkanes) is 2. The van der Waals surface area contributed by atoms with Gasteiger partial charge in [-0.25, -0.2) is 9.59 Å². The Hall–Kier alpha value is -7.86. The predicted molar refractivity (Wildman–Crippen MR) is 358 cm³/mol. The summed E-state index contributed by atoms with van der Waals surface area (Å²) in [6.45, 7) is 17.2. The molecule has 24 heteroatoms. The largest absolute Gasteiger partial charge is 0.481 e. The van der Waals surface area contributed by atoms with Crippen LogP contribution >= 0.6 is 0 Å². The number of ether oxygens (including phenoxy) is 3. The Morgan fingerprint density at radius 2 is 1.36 bits per heavy atom. The SMILES string of the molecule is CC[C@H](C)[C@@H]([C@@H](CC(=O)N1CCC[C@H]1[C@H](OC)[C@@H](C)C(=O)C[C@@H](Cc1ccccc1)C(=O)O)OC)N(C)C(=O)C(CC(=O)[C@H](C(C)C)N(C)C(=O)OCc1ccc(NC(=O)C(CCCNC(N)=O)CC(=O)[C@@H](NC(=O)CCCCCN2C(=O)C=CC2=O)C(C)C)cc1)C(C)C. The van der Waals surface area contributed by atoms with Crippen LogP contribution in [0.3, 0.4) is 0 Å². The van der Waals surface area contributed by atoms with Crippen LogP contribution in [0.15, 0.2) is 66.7 Å². The van der Waals surface area contributed by atoms with Gasteiger partial charge in [0, 0.05) is 109 Å². The lowest BCUT2D eigenvalue weighted by atomic mass is 9.83. The lowest BCUT2D eigenvalue weighted by Crippen LogP contribution is -2.54. The number of ketones is 3. The van der Waals surface area contributed by atoms with Crippen molar-refractivity contribution in [3.05, 3.63) is 77.9 Å². The van der Waals surface area contributed by atoms with Crippen LogP contribution in [0, 0.1) is 47.3 Å². The number of benzene rings is 2. The second-order valence-electron chi connectivity index (χ2n) is 26.6. The average Bonchev–Trinajstić information content (AvgIpc) is 1.81. The Bertz CT molecular complexity index is 2940. The number of nitrogens with zero attached hydrogens (tertiary/aromatic N) is 4. The number of aliphatic carboxylic acids is 1. The highest BCUT2D eigenvalue weighted by Gasteiger charge is 2.44.